The first-order chi connectivity index (χ1) is 10.5. The molecular weight excluding hydrogens is 272 g/mol. The minimum atomic E-state index is -0.812. The zero-order chi connectivity index (χ0) is 16.1. The molecule has 0 saturated carbocycles. The molecule has 0 heterocycles. The second kappa shape index (κ2) is 6.95. The molecule has 2 nitrogen and oxygen atoms in total. The molecule has 0 amide bonds. The van der Waals surface area contributed by atoms with Gasteiger partial charge in [-0.2, -0.15) is 0 Å². The van der Waals surface area contributed by atoms with Crippen LogP contribution in [0.15, 0.2) is 36.4 Å². The standard InChI is InChI=1S/C20H20O2/c1-4-18-9-7-16(11-14(18)2)5-6-17-8-10-19(13-20(21)22)15(3)12-17/h7-12H,4,13H2,1-3H3,(H,21,22). The molecule has 0 spiro atoms. The minimum Gasteiger partial charge on any atom is -0.481 e. The highest BCUT2D eigenvalue weighted by atomic mass is 16.4. The molecule has 22 heavy (non-hydrogen) atoms. The summed E-state index contributed by atoms with van der Waals surface area (Å²) in [6, 6.07) is 11.9. The molecular formula is C20H20O2. The molecule has 0 radical (unpaired) electrons. The van der Waals surface area contributed by atoms with Crippen molar-refractivity contribution in [2.24, 2.45) is 0 Å². The van der Waals surface area contributed by atoms with E-state index in [1.807, 2.05) is 31.2 Å². The van der Waals surface area contributed by atoms with Crippen molar-refractivity contribution in [3.8, 4) is 11.8 Å². The smallest absolute Gasteiger partial charge is 0.307 e. The lowest BCUT2D eigenvalue weighted by Crippen LogP contribution is -2.01. The van der Waals surface area contributed by atoms with E-state index in [0.717, 1.165) is 28.7 Å². The second-order valence-corrected chi connectivity index (χ2v) is 5.46. The number of rotatable bonds is 3. The van der Waals surface area contributed by atoms with Crippen molar-refractivity contribution >= 4 is 5.97 Å². The quantitative estimate of drug-likeness (QED) is 0.871. The van der Waals surface area contributed by atoms with Gasteiger partial charge in [-0.3, -0.25) is 4.79 Å². The molecule has 0 unspecified atom stereocenters. The number of carbonyl (C=O) groups is 1. The van der Waals surface area contributed by atoms with E-state index in [-0.39, 0.29) is 6.42 Å². The summed E-state index contributed by atoms with van der Waals surface area (Å²) in [6.07, 6.45) is 1.08. The summed E-state index contributed by atoms with van der Waals surface area (Å²) in [5, 5.41) is 8.85. The normalized spacial score (nSPS) is 9.95. The van der Waals surface area contributed by atoms with Gasteiger partial charge >= 0.3 is 5.97 Å². The Hall–Kier alpha value is -2.53. The number of hydrogen-bond acceptors (Lipinski definition) is 1. The van der Waals surface area contributed by atoms with Crippen molar-refractivity contribution in [3.05, 3.63) is 69.8 Å². The average molecular weight is 292 g/mol. The fourth-order valence-corrected chi connectivity index (χ4v) is 2.45. The summed E-state index contributed by atoms with van der Waals surface area (Å²) in [7, 11) is 0. The Morgan fingerprint density at radius 1 is 0.955 bits per heavy atom. The van der Waals surface area contributed by atoms with Gasteiger partial charge in [0.2, 0.25) is 0 Å². The predicted octanol–water partition coefficient (Wildman–Crippen LogP) is 3.89. The van der Waals surface area contributed by atoms with Gasteiger partial charge in [-0.15, -0.1) is 0 Å². The number of carboxylic acid groups (broad SMARTS) is 1. The van der Waals surface area contributed by atoms with Crippen molar-refractivity contribution in [2.75, 3.05) is 0 Å². The Bertz CT molecular complexity index is 761. The molecule has 2 rings (SSSR count). The summed E-state index contributed by atoms with van der Waals surface area (Å²) in [5.74, 6) is 5.51. The van der Waals surface area contributed by atoms with Crippen LogP contribution in [0.25, 0.3) is 0 Å². The van der Waals surface area contributed by atoms with E-state index in [1.165, 1.54) is 11.1 Å². The van der Waals surface area contributed by atoms with E-state index < -0.39 is 5.97 Å². The van der Waals surface area contributed by atoms with Crippen LogP contribution in [0.1, 0.15) is 40.3 Å². The molecule has 2 aromatic carbocycles. The van der Waals surface area contributed by atoms with Gasteiger partial charge in [0.1, 0.15) is 0 Å². The van der Waals surface area contributed by atoms with Gasteiger partial charge in [0.05, 0.1) is 6.42 Å². The topological polar surface area (TPSA) is 37.3 Å². The molecule has 0 aliphatic carbocycles. The Morgan fingerprint density at radius 2 is 1.45 bits per heavy atom. The van der Waals surface area contributed by atoms with Gasteiger partial charge in [-0.05, 0) is 66.8 Å². The SMILES string of the molecule is CCc1ccc(C#Cc2ccc(CC(=O)O)c(C)c2)cc1C. The summed E-state index contributed by atoms with van der Waals surface area (Å²) < 4.78 is 0. The predicted molar refractivity (Wildman–Crippen MR) is 89.1 cm³/mol. The summed E-state index contributed by atoms with van der Waals surface area (Å²) >= 11 is 0. The van der Waals surface area contributed by atoms with E-state index in [9.17, 15) is 4.79 Å². The van der Waals surface area contributed by atoms with Crippen LogP contribution in [0.3, 0.4) is 0 Å². The highest BCUT2D eigenvalue weighted by molar-refractivity contribution is 5.70. The van der Waals surface area contributed by atoms with Crippen molar-refractivity contribution in [3.63, 3.8) is 0 Å². The monoisotopic (exact) mass is 292 g/mol. The van der Waals surface area contributed by atoms with Crippen molar-refractivity contribution < 1.29 is 9.90 Å². The van der Waals surface area contributed by atoms with E-state index in [2.05, 4.69) is 37.8 Å². The largest absolute Gasteiger partial charge is 0.481 e. The van der Waals surface area contributed by atoms with Crippen molar-refractivity contribution in [2.45, 2.75) is 33.6 Å². The molecule has 0 fully saturated rings. The number of aryl methyl sites for hydroxylation is 3. The van der Waals surface area contributed by atoms with Gasteiger partial charge in [-0.25, -0.2) is 0 Å². The van der Waals surface area contributed by atoms with Crippen LogP contribution in [-0.4, -0.2) is 11.1 Å². The summed E-state index contributed by atoms with van der Waals surface area (Å²) in [5.41, 5.74) is 6.32. The Labute approximate surface area is 131 Å². The van der Waals surface area contributed by atoms with E-state index in [1.54, 1.807) is 0 Å². The summed E-state index contributed by atoms with van der Waals surface area (Å²) in [4.78, 5) is 10.8. The van der Waals surface area contributed by atoms with Gasteiger partial charge < -0.3 is 5.11 Å². The van der Waals surface area contributed by atoms with E-state index in [0.29, 0.717) is 0 Å². The number of aliphatic carboxylic acids is 1. The van der Waals surface area contributed by atoms with Gasteiger partial charge in [0, 0.05) is 11.1 Å². The highest BCUT2D eigenvalue weighted by Crippen LogP contribution is 2.13. The third kappa shape index (κ3) is 3.99. The molecule has 0 atom stereocenters. The zero-order valence-corrected chi connectivity index (χ0v) is 13.2. The van der Waals surface area contributed by atoms with Crippen LogP contribution in [0.2, 0.25) is 0 Å². The Kier molecular flexibility index (Phi) is 5.01. The number of benzene rings is 2. The molecule has 2 heteroatoms. The molecule has 0 aliphatic heterocycles. The first-order valence-corrected chi connectivity index (χ1v) is 7.42. The molecule has 0 aromatic heterocycles. The van der Waals surface area contributed by atoms with E-state index in [4.69, 9.17) is 5.11 Å². The Balaban J connectivity index is 2.23. The maximum absolute atomic E-state index is 10.8. The maximum Gasteiger partial charge on any atom is 0.307 e. The lowest BCUT2D eigenvalue weighted by atomic mass is 10.0. The van der Waals surface area contributed by atoms with Crippen LogP contribution < -0.4 is 0 Å². The first-order valence-electron chi connectivity index (χ1n) is 7.42. The van der Waals surface area contributed by atoms with Crippen molar-refractivity contribution in [1.29, 1.82) is 0 Å². The van der Waals surface area contributed by atoms with Crippen LogP contribution in [0.5, 0.6) is 0 Å². The lowest BCUT2D eigenvalue weighted by Gasteiger charge is -2.03. The zero-order valence-electron chi connectivity index (χ0n) is 13.2. The second-order valence-electron chi connectivity index (χ2n) is 5.46. The third-order valence-corrected chi connectivity index (χ3v) is 3.76. The van der Waals surface area contributed by atoms with Crippen LogP contribution in [0.4, 0.5) is 0 Å². The lowest BCUT2D eigenvalue weighted by molar-refractivity contribution is -0.136. The first kappa shape index (κ1) is 15.9. The van der Waals surface area contributed by atoms with Crippen LogP contribution >= 0.6 is 0 Å². The van der Waals surface area contributed by atoms with Crippen molar-refractivity contribution in [1.82, 2.24) is 0 Å². The van der Waals surface area contributed by atoms with Gasteiger partial charge in [-0.1, -0.05) is 30.9 Å². The molecule has 0 bridgehead atoms. The van der Waals surface area contributed by atoms with E-state index >= 15 is 0 Å². The molecule has 112 valence electrons. The maximum atomic E-state index is 10.8. The summed E-state index contributed by atoms with van der Waals surface area (Å²) in [6.45, 7) is 6.17. The van der Waals surface area contributed by atoms with Gasteiger partial charge in [0.25, 0.3) is 0 Å². The fraction of sp³-hybridized carbons (Fsp3) is 0.250. The van der Waals surface area contributed by atoms with Crippen LogP contribution in [-0.2, 0) is 17.6 Å². The highest BCUT2D eigenvalue weighted by Gasteiger charge is 2.04. The number of carboxylic acids is 1. The fourth-order valence-electron chi connectivity index (χ4n) is 2.45. The molecule has 0 aliphatic rings. The average Bonchev–Trinajstić information content (AvgIpc) is 2.47. The minimum absolute atomic E-state index is 0.0528. The van der Waals surface area contributed by atoms with Crippen LogP contribution in [0, 0.1) is 25.7 Å². The van der Waals surface area contributed by atoms with Gasteiger partial charge in [0.15, 0.2) is 0 Å². The Morgan fingerprint density at radius 3 is 1.86 bits per heavy atom. The molecule has 1 N–H and O–H groups in total. The molecule has 2 aromatic rings. The number of hydrogen-bond donors (Lipinski definition) is 1. The third-order valence-electron chi connectivity index (χ3n) is 3.76. The molecule has 0 saturated heterocycles.